The lowest BCUT2D eigenvalue weighted by atomic mass is 9.82. The Kier molecular flexibility index (Phi) is 6.46. The predicted molar refractivity (Wildman–Crippen MR) is 100 cm³/mol. The third-order valence-electron chi connectivity index (χ3n) is 4.68. The number of β-lactam (4-membered cyclic amide) rings is 1. The molecule has 2 aliphatic rings. The number of Topliss-reactive ketones (excluding diaryl/α,β-unsaturated/α-hetero) is 1. The second-order valence-electron chi connectivity index (χ2n) is 7.16. The van der Waals surface area contributed by atoms with Gasteiger partial charge in [0.15, 0.2) is 5.78 Å². The summed E-state index contributed by atoms with van der Waals surface area (Å²) in [6.45, 7) is 7.19. The van der Waals surface area contributed by atoms with Crippen LogP contribution in [0.3, 0.4) is 0 Å². The highest BCUT2D eigenvalue weighted by Gasteiger charge is 2.51. The van der Waals surface area contributed by atoms with Gasteiger partial charge in [-0.15, -0.1) is 6.58 Å². The summed E-state index contributed by atoms with van der Waals surface area (Å²) < 4.78 is 5.45. The maximum absolute atomic E-state index is 12.3. The number of carbonyl (C=O) groups excluding carboxylic acids is 3. The normalized spacial score (nSPS) is 21.9. The van der Waals surface area contributed by atoms with E-state index in [1.54, 1.807) is 19.9 Å². The molecule has 0 saturated carbocycles. The molecule has 9 heteroatoms. The number of aliphatic carboxylic acids is 1. The van der Waals surface area contributed by atoms with Crippen molar-refractivity contribution in [3.05, 3.63) is 23.9 Å². The molecule has 8 nitrogen and oxygen atoms in total. The van der Waals surface area contributed by atoms with E-state index in [0.717, 1.165) is 4.90 Å². The molecule has 2 N–H and O–H groups in total. The van der Waals surface area contributed by atoms with Crippen molar-refractivity contribution in [3.8, 4) is 0 Å². The maximum atomic E-state index is 12.3. The van der Waals surface area contributed by atoms with Gasteiger partial charge >= 0.3 is 12.1 Å². The van der Waals surface area contributed by atoms with Gasteiger partial charge in [-0.3, -0.25) is 14.5 Å². The first-order chi connectivity index (χ1) is 12.6. The van der Waals surface area contributed by atoms with Gasteiger partial charge in [0.1, 0.15) is 11.3 Å². The molecule has 148 valence electrons. The minimum absolute atomic E-state index is 0.0138. The molecule has 2 aliphatic heterocycles. The fraction of sp³-hybridized carbons (Fsp3) is 0.556. The van der Waals surface area contributed by atoms with Gasteiger partial charge in [-0.1, -0.05) is 22.0 Å². The molecule has 2 rings (SSSR count). The van der Waals surface area contributed by atoms with Gasteiger partial charge in [0.2, 0.25) is 5.91 Å². The summed E-state index contributed by atoms with van der Waals surface area (Å²) in [6.07, 6.45) is 2.48. The molecular weight excluding hydrogens is 420 g/mol. The summed E-state index contributed by atoms with van der Waals surface area (Å²) in [5.74, 6) is -2.15. The molecule has 1 saturated heterocycles. The number of nitrogens with zero attached hydrogens (tertiary/aromatic N) is 1. The minimum atomic E-state index is -1.33. The molecule has 0 aromatic heterocycles. The van der Waals surface area contributed by atoms with Crippen molar-refractivity contribution in [1.82, 2.24) is 10.2 Å². The fourth-order valence-corrected chi connectivity index (χ4v) is 3.63. The first kappa shape index (κ1) is 21.1. The summed E-state index contributed by atoms with van der Waals surface area (Å²) in [7, 11) is 0. The van der Waals surface area contributed by atoms with Crippen LogP contribution in [0.1, 0.15) is 39.5 Å². The Bertz CT molecular complexity index is 715. The maximum Gasteiger partial charge on any atom is 0.407 e. The Balaban J connectivity index is 2.18. The Labute approximate surface area is 165 Å². The van der Waals surface area contributed by atoms with Crippen molar-refractivity contribution in [1.29, 1.82) is 0 Å². The van der Waals surface area contributed by atoms with Crippen LogP contribution in [0.25, 0.3) is 0 Å². The van der Waals surface area contributed by atoms with Crippen LogP contribution in [-0.4, -0.2) is 56.8 Å². The lowest BCUT2D eigenvalue weighted by Crippen LogP contribution is -2.65. The van der Waals surface area contributed by atoms with Crippen molar-refractivity contribution in [3.63, 3.8) is 0 Å². The molecule has 0 aliphatic carbocycles. The Morgan fingerprint density at radius 2 is 2.07 bits per heavy atom. The highest BCUT2D eigenvalue weighted by Crippen LogP contribution is 2.37. The highest BCUT2D eigenvalue weighted by molar-refractivity contribution is 9.09. The van der Waals surface area contributed by atoms with Gasteiger partial charge in [0.05, 0.1) is 23.8 Å². The number of fused-ring (bicyclic) bond motifs is 1. The zero-order valence-corrected chi connectivity index (χ0v) is 16.9. The van der Waals surface area contributed by atoms with Crippen molar-refractivity contribution in [2.24, 2.45) is 0 Å². The Morgan fingerprint density at radius 3 is 2.59 bits per heavy atom. The average molecular weight is 443 g/mol. The largest absolute Gasteiger partial charge is 0.477 e. The lowest BCUT2D eigenvalue weighted by Gasteiger charge is -2.48. The van der Waals surface area contributed by atoms with Crippen molar-refractivity contribution < 1.29 is 29.0 Å². The summed E-state index contributed by atoms with van der Waals surface area (Å²) in [5, 5.41) is 12.1. The van der Waals surface area contributed by atoms with Crippen LogP contribution < -0.4 is 5.32 Å². The van der Waals surface area contributed by atoms with E-state index in [0.29, 0.717) is 12.8 Å². The van der Waals surface area contributed by atoms with E-state index in [1.807, 2.05) is 0 Å². The molecule has 0 aromatic rings. The van der Waals surface area contributed by atoms with Crippen molar-refractivity contribution in [2.45, 2.75) is 57.2 Å². The Hall–Kier alpha value is -2.16. The van der Waals surface area contributed by atoms with Gasteiger partial charge in [0.25, 0.3) is 0 Å². The van der Waals surface area contributed by atoms with Crippen LogP contribution in [0.2, 0.25) is 0 Å². The molecule has 0 spiro atoms. The monoisotopic (exact) mass is 442 g/mol. The summed E-state index contributed by atoms with van der Waals surface area (Å²) in [5.41, 5.74) is -0.989. The van der Waals surface area contributed by atoms with Crippen LogP contribution in [0.4, 0.5) is 4.79 Å². The summed E-state index contributed by atoms with van der Waals surface area (Å²) in [4.78, 5) is 49.2. The van der Waals surface area contributed by atoms with Crippen LogP contribution in [-0.2, 0) is 19.1 Å². The number of carboxylic acids is 1. The molecule has 2 atom stereocenters. The minimum Gasteiger partial charge on any atom is -0.477 e. The molecular formula is C18H23BrN2O6. The number of rotatable bonds is 8. The number of alkyl carbamates (subject to hydrolysis) is 1. The fourth-order valence-electron chi connectivity index (χ4n) is 3.29. The highest BCUT2D eigenvalue weighted by atomic mass is 79.9. The molecule has 2 heterocycles. The van der Waals surface area contributed by atoms with Crippen molar-refractivity contribution >= 4 is 39.7 Å². The van der Waals surface area contributed by atoms with E-state index in [2.05, 4.69) is 27.8 Å². The zero-order valence-electron chi connectivity index (χ0n) is 15.3. The average Bonchev–Trinajstić information content (AvgIpc) is 2.58. The Morgan fingerprint density at radius 1 is 1.41 bits per heavy atom. The predicted octanol–water partition coefficient (Wildman–Crippen LogP) is 2.13. The molecule has 0 bridgehead atoms. The number of alkyl halides is 1. The number of halogens is 1. The molecule has 1 unspecified atom stereocenters. The smallest absolute Gasteiger partial charge is 0.407 e. The standard InChI is InChI=1S/C18H23BrN2O6/c1-4-5-6-18(2,3)27-17(26)20-11-7-10(13(22)9-19)15(16(24)25)21-12(11)8-14(21)23/h4,11-12H,1,5-9H2,2-3H3,(H,20,26)(H,24,25)/t11?,12-/m0/s1. The quantitative estimate of drug-likeness (QED) is 0.338. The molecule has 0 radical (unpaired) electrons. The third kappa shape index (κ3) is 4.58. The van der Waals surface area contributed by atoms with Crippen molar-refractivity contribution in [2.75, 3.05) is 5.33 Å². The van der Waals surface area contributed by atoms with E-state index in [1.165, 1.54) is 0 Å². The summed E-state index contributed by atoms with van der Waals surface area (Å²) in [6, 6.07) is -1.09. The number of hydrogen-bond donors (Lipinski definition) is 2. The first-order valence-corrected chi connectivity index (χ1v) is 9.71. The molecule has 1 fully saturated rings. The number of amides is 2. The van der Waals surface area contributed by atoms with Gasteiger partial charge in [-0.05, 0) is 26.7 Å². The van der Waals surface area contributed by atoms with Gasteiger partial charge in [0, 0.05) is 12.0 Å². The van der Waals surface area contributed by atoms with E-state index in [9.17, 15) is 24.3 Å². The number of carboxylic acid groups (broad SMARTS) is 1. The first-order valence-electron chi connectivity index (χ1n) is 8.59. The number of carbonyl (C=O) groups is 4. The van der Waals surface area contributed by atoms with E-state index >= 15 is 0 Å². The second kappa shape index (κ2) is 8.24. The third-order valence-corrected chi connectivity index (χ3v) is 5.19. The summed E-state index contributed by atoms with van der Waals surface area (Å²) >= 11 is 3.03. The lowest BCUT2D eigenvalue weighted by molar-refractivity contribution is -0.151. The van der Waals surface area contributed by atoms with Gasteiger partial charge in [-0.25, -0.2) is 9.59 Å². The second-order valence-corrected chi connectivity index (χ2v) is 7.72. The number of hydrogen-bond acceptors (Lipinski definition) is 5. The number of ketones is 1. The van der Waals surface area contributed by atoms with E-state index in [-0.39, 0.29) is 35.3 Å². The number of allylic oxidation sites excluding steroid dienone is 1. The van der Waals surface area contributed by atoms with Crippen LogP contribution in [0, 0.1) is 0 Å². The van der Waals surface area contributed by atoms with E-state index < -0.39 is 35.5 Å². The van der Waals surface area contributed by atoms with Crippen LogP contribution in [0.15, 0.2) is 23.9 Å². The van der Waals surface area contributed by atoms with Crippen LogP contribution >= 0.6 is 15.9 Å². The molecule has 27 heavy (non-hydrogen) atoms. The zero-order chi connectivity index (χ0) is 20.4. The molecule has 0 aromatic carbocycles. The number of nitrogens with one attached hydrogen (secondary N) is 1. The van der Waals surface area contributed by atoms with Crippen LogP contribution in [0.5, 0.6) is 0 Å². The molecule has 2 amide bonds. The van der Waals surface area contributed by atoms with Gasteiger partial charge < -0.3 is 15.2 Å². The number of ether oxygens (including phenoxy) is 1. The topological polar surface area (TPSA) is 113 Å². The van der Waals surface area contributed by atoms with Gasteiger partial charge in [-0.2, -0.15) is 0 Å². The van der Waals surface area contributed by atoms with E-state index in [4.69, 9.17) is 4.74 Å². The SMILES string of the molecule is C=CCCC(C)(C)OC(=O)NC1CC(C(=O)CBr)=C(C(=O)O)N2C(=O)C[C@@H]12.